The average molecular weight is 177 g/mol. The SMILES string of the molecule is C=CC(N)C(=O)c1ccc(O)cc1. The van der Waals surface area contributed by atoms with Crippen LogP contribution in [0.1, 0.15) is 10.4 Å². The molecule has 68 valence electrons. The number of hydrogen-bond donors (Lipinski definition) is 2. The van der Waals surface area contributed by atoms with Crippen LogP contribution in [-0.2, 0) is 0 Å². The summed E-state index contributed by atoms with van der Waals surface area (Å²) < 4.78 is 0. The Morgan fingerprint density at radius 1 is 1.46 bits per heavy atom. The summed E-state index contributed by atoms with van der Waals surface area (Å²) in [6.45, 7) is 3.43. The van der Waals surface area contributed by atoms with E-state index in [1.54, 1.807) is 0 Å². The largest absolute Gasteiger partial charge is 0.508 e. The van der Waals surface area contributed by atoms with Crippen LogP contribution in [0.5, 0.6) is 5.75 Å². The third kappa shape index (κ3) is 2.16. The van der Waals surface area contributed by atoms with Gasteiger partial charge in [-0.2, -0.15) is 0 Å². The van der Waals surface area contributed by atoms with Gasteiger partial charge in [0.15, 0.2) is 5.78 Å². The zero-order valence-corrected chi connectivity index (χ0v) is 7.10. The van der Waals surface area contributed by atoms with Crippen molar-refractivity contribution in [3.05, 3.63) is 42.5 Å². The molecule has 0 spiro atoms. The van der Waals surface area contributed by atoms with Gasteiger partial charge in [-0.3, -0.25) is 4.79 Å². The van der Waals surface area contributed by atoms with E-state index < -0.39 is 6.04 Å². The van der Waals surface area contributed by atoms with Crippen LogP contribution >= 0.6 is 0 Å². The summed E-state index contributed by atoms with van der Waals surface area (Å²) in [7, 11) is 0. The number of hydrogen-bond acceptors (Lipinski definition) is 3. The molecule has 3 N–H and O–H groups in total. The molecule has 1 unspecified atom stereocenters. The van der Waals surface area contributed by atoms with Crippen molar-refractivity contribution in [1.82, 2.24) is 0 Å². The highest BCUT2D eigenvalue weighted by atomic mass is 16.3. The Bertz CT molecular complexity index is 316. The van der Waals surface area contributed by atoms with Crippen LogP contribution in [0.15, 0.2) is 36.9 Å². The molecule has 0 bridgehead atoms. The summed E-state index contributed by atoms with van der Waals surface area (Å²) in [5, 5.41) is 8.97. The summed E-state index contributed by atoms with van der Waals surface area (Å²) in [5.41, 5.74) is 5.93. The predicted molar refractivity (Wildman–Crippen MR) is 50.6 cm³/mol. The van der Waals surface area contributed by atoms with E-state index in [1.807, 2.05) is 0 Å². The van der Waals surface area contributed by atoms with Crippen molar-refractivity contribution >= 4 is 5.78 Å². The van der Waals surface area contributed by atoms with Crippen molar-refractivity contribution in [3.8, 4) is 5.75 Å². The van der Waals surface area contributed by atoms with Gasteiger partial charge in [0.2, 0.25) is 0 Å². The Morgan fingerprint density at radius 2 is 2.00 bits per heavy atom. The lowest BCUT2D eigenvalue weighted by Crippen LogP contribution is -2.27. The quantitative estimate of drug-likeness (QED) is 0.536. The second-order valence-corrected chi connectivity index (χ2v) is 2.67. The normalized spacial score (nSPS) is 12.1. The maximum atomic E-state index is 11.4. The summed E-state index contributed by atoms with van der Waals surface area (Å²) in [6.07, 6.45) is 1.38. The molecule has 3 heteroatoms. The first-order chi connectivity index (χ1) is 6.15. The molecule has 0 aromatic heterocycles. The Balaban J connectivity index is 2.89. The number of nitrogens with two attached hydrogens (primary N) is 1. The second kappa shape index (κ2) is 3.87. The van der Waals surface area contributed by atoms with Gasteiger partial charge in [-0.1, -0.05) is 6.08 Å². The lowest BCUT2D eigenvalue weighted by molar-refractivity contribution is 0.0978. The third-order valence-electron chi connectivity index (χ3n) is 1.71. The lowest BCUT2D eigenvalue weighted by atomic mass is 10.1. The number of ketones is 1. The van der Waals surface area contributed by atoms with Gasteiger partial charge in [0, 0.05) is 5.56 Å². The Morgan fingerprint density at radius 3 is 2.46 bits per heavy atom. The van der Waals surface area contributed by atoms with Crippen molar-refractivity contribution in [2.24, 2.45) is 5.73 Å². The van der Waals surface area contributed by atoms with Gasteiger partial charge in [-0.05, 0) is 24.3 Å². The van der Waals surface area contributed by atoms with Crippen molar-refractivity contribution in [2.75, 3.05) is 0 Å². The van der Waals surface area contributed by atoms with Crippen LogP contribution in [0.4, 0.5) is 0 Å². The standard InChI is InChI=1S/C10H11NO2/c1-2-9(11)10(13)7-3-5-8(12)6-4-7/h2-6,9,12H,1,11H2. The van der Waals surface area contributed by atoms with E-state index in [-0.39, 0.29) is 11.5 Å². The predicted octanol–water partition coefficient (Wildman–Crippen LogP) is 1.09. The summed E-state index contributed by atoms with van der Waals surface area (Å²) in [5.74, 6) is -0.0706. The minimum Gasteiger partial charge on any atom is -0.508 e. The van der Waals surface area contributed by atoms with Crippen LogP contribution in [0.25, 0.3) is 0 Å². The molecule has 1 aromatic carbocycles. The maximum Gasteiger partial charge on any atom is 0.183 e. The van der Waals surface area contributed by atoms with E-state index in [0.717, 1.165) is 0 Å². The molecule has 0 aliphatic carbocycles. The minimum atomic E-state index is -0.676. The van der Waals surface area contributed by atoms with Gasteiger partial charge in [0.1, 0.15) is 5.75 Å². The Labute approximate surface area is 76.5 Å². The van der Waals surface area contributed by atoms with Gasteiger partial charge in [0.25, 0.3) is 0 Å². The van der Waals surface area contributed by atoms with E-state index in [0.29, 0.717) is 5.56 Å². The molecular weight excluding hydrogens is 166 g/mol. The summed E-state index contributed by atoms with van der Waals surface area (Å²) in [6, 6.07) is 5.28. The fraction of sp³-hybridized carbons (Fsp3) is 0.100. The monoisotopic (exact) mass is 177 g/mol. The third-order valence-corrected chi connectivity index (χ3v) is 1.71. The molecule has 3 nitrogen and oxygen atoms in total. The van der Waals surface area contributed by atoms with Gasteiger partial charge in [0.05, 0.1) is 6.04 Å². The molecule has 0 fully saturated rings. The molecule has 0 heterocycles. The van der Waals surface area contributed by atoms with E-state index in [1.165, 1.54) is 30.3 Å². The van der Waals surface area contributed by atoms with Crippen molar-refractivity contribution < 1.29 is 9.90 Å². The number of Topliss-reactive ketones (excluding diaryl/α,β-unsaturated/α-hetero) is 1. The molecule has 0 saturated carbocycles. The summed E-state index contributed by atoms with van der Waals surface area (Å²) >= 11 is 0. The van der Waals surface area contributed by atoms with Crippen LogP contribution in [0.3, 0.4) is 0 Å². The first-order valence-corrected chi connectivity index (χ1v) is 3.86. The van der Waals surface area contributed by atoms with Gasteiger partial charge in [-0.25, -0.2) is 0 Å². The van der Waals surface area contributed by atoms with Crippen LogP contribution in [0.2, 0.25) is 0 Å². The minimum absolute atomic E-state index is 0.128. The highest BCUT2D eigenvalue weighted by Gasteiger charge is 2.11. The molecular formula is C10H11NO2. The number of rotatable bonds is 3. The number of phenolic OH excluding ortho intramolecular Hbond substituents is 1. The van der Waals surface area contributed by atoms with Crippen LogP contribution in [-0.4, -0.2) is 16.9 Å². The zero-order valence-electron chi connectivity index (χ0n) is 7.10. The number of carbonyl (C=O) groups is 1. The van der Waals surface area contributed by atoms with E-state index in [9.17, 15) is 4.79 Å². The lowest BCUT2D eigenvalue weighted by Gasteiger charge is -2.04. The maximum absolute atomic E-state index is 11.4. The van der Waals surface area contributed by atoms with Gasteiger partial charge >= 0.3 is 0 Å². The number of benzene rings is 1. The van der Waals surface area contributed by atoms with Crippen molar-refractivity contribution in [2.45, 2.75) is 6.04 Å². The first-order valence-electron chi connectivity index (χ1n) is 3.86. The van der Waals surface area contributed by atoms with Gasteiger partial charge < -0.3 is 10.8 Å². The highest BCUT2D eigenvalue weighted by Crippen LogP contribution is 2.10. The molecule has 0 amide bonds. The van der Waals surface area contributed by atoms with Crippen LogP contribution < -0.4 is 5.73 Å². The van der Waals surface area contributed by atoms with Crippen molar-refractivity contribution in [3.63, 3.8) is 0 Å². The molecule has 1 rings (SSSR count). The first kappa shape index (κ1) is 9.48. The number of aromatic hydroxyl groups is 1. The summed E-state index contributed by atoms with van der Waals surface area (Å²) in [4.78, 5) is 11.4. The Hall–Kier alpha value is -1.61. The van der Waals surface area contributed by atoms with E-state index in [2.05, 4.69) is 6.58 Å². The van der Waals surface area contributed by atoms with Crippen molar-refractivity contribution in [1.29, 1.82) is 0 Å². The molecule has 13 heavy (non-hydrogen) atoms. The number of carbonyl (C=O) groups excluding carboxylic acids is 1. The van der Waals surface area contributed by atoms with E-state index >= 15 is 0 Å². The molecule has 0 radical (unpaired) electrons. The Kier molecular flexibility index (Phi) is 2.82. The molecule has 0 aliphatic heterocycles. The topological polar surface area (TPSA) is 63.3 Å². The second-order valence-electron chi connectivity index (χ2n) is 2.67. The highest BCUT2D eigenvalue weighted by molar-refractivity contribution is 6.01. The van der Waals surface area contributed by atoms with E-state index in [4.69, 9.17) is 10.8 Å². The molecule has 1 aromatic rings. The van der Waals surface area contributed by atoms with Gasteiger partial charge in [-0.15, -0.1) is 6.58 Å². The molecule has 0 saturated heterocycles. The smallest absolute Gasteiger partial charge is 0.183 e. The average Bonchev–Trinajstić information content (AvgIpc) is 2.17. The molecule has 1 atom stereocenters. The number of phenols is 1. The van der Waals surface area contributed by atoms with Crippen LogP contribution in [0, 0.1) is 0 Å². The fourth-order valence-corrected chi connectivity index (χ4v) is 0.925. The zero-order chi connectivity index (χ0) is 9.84. The molecule has 0 aliphatic rings. The fourth-order valence-electron chi connectivity index (χ4n) is 0.925.